The summed E-state index contributed by atoms with van der Waals surface area (Å²) in [6.45, 7) is 0.0742. The Morgan fingerprint density at radius 2 is 2.03 bits per heavy atom. The maximum Gasteiger partial charge on any atom is 0.573 e. The summed E-state index contributed by atoms with van der Waals surface area (Å²) in [4.78, 5) is 30.9. The molecule has 32 heavy (non-hydrogen) atoms. The number of aromatic nitrogens is 2. The molecule has 3 aromatic rings. The first kappa shape index (κ1) is 21.3. The van der Waals surface area contributed by atoms with Crippen molar-refractivity contribution in [3.05, 3.63) is 87.9 Å². The number of nitrogens with zero attached hydrogens (tertiary/aromatic N) is 1. The zero-order valence-corrected chi connectivity index (χ0v) is 16.2. The average Bonchev–Trinajstić information content (AvgIpc) is 2.73. The first-order valence-electron chi connectivity index (χ1n) is 9.33. The fraction of sp³-hybridized carbons (Fsp3) is 0.190. The van der Waals surface area contributed by atoms with Gasteiger partial charge in [-0.2, -0.15) is 0 Å². The molecule has 1 aliphatic rings. The standard InChI is InChI=1S/C21H15F4N3O4/c22-15-10-13(32-21(23,24)25)4-5-14(15)20(7-9-31-16-2-1-8-26-18(16)20)28-19(30)12-3-6-17(29)27-11-12/h1-6,8,10-11H,7,9H2,(H,27,29)(H,28,30)/t20-/m0/s1. The van der Waals surface area contributed by atoms with Crippen LogP contribution in [-0.2, 0) is 5.54 Å². The quantitative estimate of drug-likeness (QED) is 0.597. The van der Waals surface area contributed by atoms with Crippen molar-refractivity contribution in [2.45, 2.75) is 18.3 Å². The van der Waals surface area contributed by atoms with Gasteiger partial charge in [0.15, 0.2) is 0 Å². The molecule has 0 fully saturated rings. The number of carbonyl (C=O) groups excluding carboxylic acids is 1. The Morgan fingerprint density at radius 1 is 1.22 bits per heavy atom. The predicted molar refractivity (Wildman–Crippen MR) is 103 cm³/mol. The number of carbonyl (C=O) groups is 1. The molecule has 0 spiro atoms. The van der Waals surface area contributed by atoms with E-state index in [2.05, 4.69) is 20.0 Å². The summed E-state index contributed by atoms with van der Waals surface area (Å²) >= 11 is 0. The first-order chi connectivity index (χ1) is 15.2. The van der Waals surface area contributed by atoms with Crippen molar-refractivity contribution in [1.29, 1.82) is 0 Å². The van der Waals surface area contributed by atoms with Crippen LogP contribution in [0, 0.1) is 5.82 Å². The number of amides is 1. The molecule has 1 amide bonds. The van der Waals surface area contributed by atoms with Crippen molar-refractivity contribution in [3.63, 3.8) is 0 Å². The highest BCUT2D eigenvalue weighted by Gasteiger charge is 2.44. The highest BCUT2D eigenvalue weighted by atomic mass is 19.4. The van der Waals surface area contributed by atoms with Gasteiger partial charge in [-0.15, -0.1) is 13.2 Å². The molecule has 4 rings (SSSR count). The van der Waals surface area contributed by atoms with E-state index in [0.717, 1.165) is 18.2 Å². The fourth-order valence-electron chi connectivity index (χ4n) is 3.57. The maximum atomic E-state index is 15.1. The lowest BCUT2D eigenvalue weighted by Gasteiger charge is -2.39. The Kier molecular flexibility index (Phi) is 5.33. The Labute approximate surface area is 178 Å². The number of nitrogens with one attached hydrogen (secondary N) is 2. The Bertz CT molecular complexity index is 1210. The van der Waals surface area contributed by atoms with Crippen LogP contribution in [-0.4, -0.2) is 28.8 Å². The molecule has 2 aromatic heterocycles. The van der Waals surface area contributed by atoms with Gasteiger partial charge in [-0.1, -0.05) is 0 Å². The molecule has 1 aromatic carbocycles. The molecule has 0 bridgehead atoms. The number of fused-ring (bicyclic) bond motifs is 1. The predicted octanol–water partition coefficient (Wildman–Crippen LogP) is 3.26. The minimum Gasteiger partial charge on any atom is -0.491 e. The van der Waals surface area contributed by atoms with Crippen molar-refractivity contribution in [1.82, 2.24) is 15.3 Å². The minimum absolute atomic E-state index is 0.0441. The smallest absolute Gasteiger partial charge is 0.491 e. The highest BCUT2D eigenvalue weighted by molar-refractivity contribution is 5.94. The molecule has 11 heteroatoms. The number of hydrogen-bond acceptors (Lipinski definition) is 5. The molecule has 2 N–H and O–H groups in total. The summed E-state index contributed by atoms with van der Waals surface area (Å²) in [5.41, 5.74) is -1.81. The van der Waals surface area contributed by atoms with E-state index in [4.69, 9.17) is 4.74 Å². The van der Waals surface area contributed by atoms with Gasteiger partial charge in [0, 0.05) is 36.5 Å². The van der Waals surface area contributed by atoms with Crippen LogP contribution < -0.4 is 20.3 Å². The van der Waals surface area contributed by atoms with Crippen molar-refractivity contribution in [2.24, 2.45) is 0 Å². The van der Waals surface area contributed by atoms with Crippen molar-refractivity contribution < 1.29 is 31.8 Å². The number of ether oxygens (including phenoxy) is 2. The Balaban J connectivity index is 1.82. The second-order valence-electron chi connectivity index (χ2n) is 6.94. The summed E-state index contributed by atoms with van der Waals surface area (Å²) < 4.78 is 62.1. The van der Waals surface area contributed by atoms with Gasteiger partial charge < -0.3 is 19.8 Å². The summed E-state index contributed by atoms with van der Waals surface area (Å²) in [7, 11) is 0. The lowest BCUT2D eigenvalue weighted by Crippen LogP contribution is -2.51. The van der Waals surface area contributed by atoms with Gasteiger partial charge in [0.2, 0.25) is 5.56 Å². The van der Waals surface area contributed by atoms with Crippen molar-refractivity contribution in [2.75, 3.05) is 6.61 Å². The zero-order chi connectivity index (χ0) is 22.9. The average molecular weight is 449 g/mol. The van der Waals surface area contributed by atoms with Crippen LogP contribution in [0.2, 0.25) is 0 Å². The molecular weight excluding hydrogens is 434 g/mol. The topological polar surface area (TPSA) is 93.3 Å². The number of pyridine rings is 2. The minimum atomic E-state index is -4.99. The van der Waals surface area contributed by atoms with Crippen LogP contribution in [0.25, 0.3) is 0 Å². The zero-order valence-electron chi connectivity index (χ0n) is 16.2. The van der Waals surface area contributed by atoms with Gasteiger partial charge in [0.1, 0.15) is 28.5 Å². The van der Waals surface area contributed by atoms with E-state index in [1.807, 2.05) is 0 Å². The third-order valence-electron chi connectivity index (χ3n) is 4.92. The van der Waals surface area contributed by atoms with E-state index < -0.39 is 34.9 Å². The number of alkyl halides is 3. The van der Waals surface area contributed by atoms with Gasteiger partial charge in [0.05, 0.1) is 12.2 Å². The van der Waals surface area contributed by atoms with Crippen LogP contribution in [0.1, 0.15) is 28.0 Å². The number of halogens is 4. The Morgan fingerprint density at radius 3 is 2.72 bits per heavy atom. The molecular formula is C21H15F4N3O4. The highest BCUT2D eigenvalue weighted by Crippen LogP contribution is 2.42. The molecule has 0 unspecified atom stereocenters. The largest absolute Gasteiger partial charge is 0.573 e. The lowest BCUT2D eigenvalue weighted by atomic mass is 9.80. The number of hydrogen-bond donors (Lipinski definition) is 2. The van der Waals surface area contributed by atoms with E-state index in [0.29, 0.717) is 6.07 Å². The normalized spacial score (nSPS) is 17.8. The molecule has 0 saturated heterocycles. The van der Waals surface area contributed by atoms with Crippen LogP contribution in [0.5, 0.6) is 11.5 Å². The van der Waals surface area contributed by atoms with E-state index in [1.54, 1.807) is 12.1 Å². The van der Waals surface area contributed by atoms with E-state index in [9.17, 15) is 22.8 Å². The first-order valence-corrected chi connectivity index (χ1v) is 9.33. The summed E-state index contributed by atoms with van der Waals surface area (Å²) in [6, 6.07) is 8.27. The third kappa shape index (κ3) is 4.13. The van der Waals surface area contributed by atoms with Crippen LogP contribution in [0.3, 0.4) is 0 Å². The molecule has 0 radical (unpaired) electrons. The van der Waals surface area contributed by atoms with Crippen LogP contribution in [0.4, 0.5) is 17.6 Å². The fourth-order valence-corrected chi connectivity index (χ4v) is 3.57. The number of rotatable bonds is 4. The molecule has 7 nitrogen and oxygen atoms in total. The van der Waals surface area contributed by atoms with E-state index in [1.165, 1.54) is 18.5 Å². The molecule has 1 atom stereocenters. The molecule has 3 heterocycles. The number of H-pyrrole nitrogens is 1. The van der Waals surface area contributed by atoms with Gasteiger partial charge in [0.25, 0.3) is 5.91 Å². The molecule has 166 valence electrons. The molecule has 1 aliphatic heterocycles. The molecule has 0 saturated carbocycles. The molecule has 0 aliphatic carbocycles. The Hall–Kier alpha value is -3.89. The number of benzene rings is 1. The summed E-state index contributed by atoms with van der Waals surface area (Å²) in [6.07, 6.45) is -2.33. The maximum absolute atomic E-state index is 15.1. The van der Waals surface area contributed by atoms with Gasteiger partial charge >= 0.3 is 6.36 Å². The van der Waals surface area contributed by atoms with Gasteiger partial charge in [-0.05, 0) is 30.3 Å². The number of aromatic amines is 1. The van der Waals surface area contributed by atoms with Gasteiger partial charge in [-0.3, -0.25) is 14.6 Å². The van der Waals surface area contributed by atoms with Crippen LogP contribution in [0.15, 0.2) is 59.7 Å². The van der Waals surface area contributed by atoms with Crippen molar-refractivity contribution in [3.8, 4) is 11.5 Å². The lowest BCUT2D eigenvalue weighted by molar-refractivity contribution is -0.274. The van der Waals surface area contributed by atoms with Gasteiger partial charge in [-0.25, -0.2) is 4.39 Å². The monoisotopic (exact) mass is 449 g/mol. The third-order valence-corrected chi connectivity index (χ3v) is 4.92. The van der Waals surface area contributed by atoms with Crippen molar-refractivity contribution >= 4 is 5.91 Å². The SMILES string of the molecule is O=C(N[C@]1(c2ccc(OC(F)(F)F)cc2F)CCOc2cccnc21)c1ccc(=O)[nH]c1. The van der Waals surface area contributed by atoms with Crippen LogP contribution >= 0.6 is 0 Å². The second-order valence-corrected chi connectivity index (χ2v) is 6.94. The summed E-state index contributed by atoms with van der Waals surface area (Å²) in [5, 5.41) is 2.74. The van der Waals surface area contributed by atoms with E-state index >= 15 is 4.39 Å². The van der Waals surface area contributed by atoms with E-state index in [-0.39, 0.29) is 35.6 Å². The second kappa shape index (κ2) is 7.98. The summed E-state index contributed by atoms with van der Waals surface area (Å²) in [5.74, 6) is -2.15.